The van der Waals surface area contributed by atoms with Gasteiger partial charge in [0, 0.05) is 26.3 Å². The molecule has 7 nitrogen and oxygen atoms in total. The summed E-state index contributed by atoms with van der Waals surface area (Å²) < 4.78 is 1.42. The molecule has 2 heterocycles. The SMILES string of the molecule is CN(C)c1ccc(CNC(=O)CSc2nnc(-c3cccs3)n2N)cc1. The highest BCUT2D eigenvalue weighted by atomic mass is 32.2. The highest BCUT2D eigenvalue weighted by Crippen LogP contribution is 2.25. The van der Waals surface area contributed by atoms with Crippen molar-refractivity contribution in [1.29, 1.82) is 0 Å². The lowest BCUT2D eigenvalue weighted by Gasteiger charge is -2.12. The Balaban J connectivity index is 1.50. The Bertz CT molecular complexity index is 858. The van der Waals surface area contributed by atoms with Gasteiger partial charge in [-0.2, -0.15) is 0 Å². The zero-order chi connectivity index (χ0) is 18.5. The molecule has 0 saturated carbocycles. The van der Waals surface area contributed by atoms with Crippen molar-refractivity contribution in [2.75, 3.05) is 30.6 Å². The van der Waals surface area contributed by atoms with Gasteiger partial charge in [-0.05, 0) is 29.1 Å². The number of carbonyl (C=O) groups is 1. The van der Waals surface area contributed by atoms with Gasteiger partial charge in [-0.3, -0.25) is 4.79 Å². The summed E-state index contributed by atoms with van der Waals surface area (Å²) in [5.74, 6) is 6.78. The Hall–Kier alpha value is -2.52. The molecular weight excluding hydrogens is 368 g/mol. The first-order chi connectivity index (χ1) is 12.5. The van der Waals surface area contributed by atoms with Crippen molar-refractivity contribution in [3.8, 4) is 10.7 Å². The van der Waals surface area contributed by atoms with Crippen LogP contribution in [0.15, 0.2) is 46.9 Å². The van der Waals surface area contributed by atoms with Gasteiger partial charge in [0.15, 0.2) is 5.82 Å². The maximum Gasteiger partial charge on any atom is 0.230 e. The van der Waals surface area contributed by atoms with Crippen molar-refractivity contribution in [2.45, 2.75) is 11.7 Å². The summed E-state index contributed by atoms with van der Waals surface area (Å²) in [5, 5.41) is 13.5. The van der Waals surface area contributed by atoms with Crippen LogP contribution in [-0.2, 0) is 11.3 Å². The second kappa shape index (κ2) is 8.24. The summed E-state index contributed by atoms with van der Waals surface area (Å²) in [6, 6.07) is 11.9. The molecule has 9 heteroatoms. The number of nitrogens with two attached hydrogens (primary N) is 1. The Morgan fingerprint density at radius 3 is 2.69 bits per heavy atom. The van der Waals surface area contributed by atoms with Crippen molar-refractivity contribution in [2.24, 2.45) is 0 Å². The molecule has 3 aromatic rings. The molecule has 0 aliphatic rings. The lowest BCUT2D eigenvalue weighted by Crippen LogP contribution is -2.25. The van der Waals surface area contributed by atoms with Gasteiger partial charge in [0.2, 0.25) is 11.1 Å². The molecule has 26 heavy (non-hydrogen) atoms. The zero-order valence-electron chi connectivity index (χ0n) is 14.5. The normalized spacial score (nSPS) is 10.7. The van der Waals surface area contributed by atoms with Crippen LogP contribution in [0.2, 0.25) is 0 Å². The molecule has 3 N–H and O–H groups in total. The van der Waals surface area contributed by atoms with Gasteiger partial charge >= 0.3 is 0 Å². The number of aromatic nitrogens is 3. The molecule has 0 atom stereocenters. The first-order valence-corrected chi connectivity index (χ1v) is 9.81. The smallest absolute Gasteiger partial charge is 0.230 e. The van der Waals surface area contributed by atoms with E-state index >= 15 is 0 Å². The fraction of sp³-hybridized carbons (Fsp3) is 0.235. The van der Waals surface area contributed by atoms with Gasteiger partial charge in [0.05, 0.1) is 10.6 Å². The molecule has 3 rings (SSSR count). The molecule has 0 bridgehead atoms. The number of carbonyl (C=O) groups excluding carboxylic acids is 1. The number of hydrogen-bond donors (Lipinski definition) is 2. The number of nitrogens with one attached hydrogen (secondary N) is 1. The number of thioether (sulfide) groups is 1. The predicted octanol–water partition coefficient (Wildman–Crippen LogP) is 2.19. The second-order valence-corrected chi connectivity index (χ2v) is 7.67. The number of thiophene rings is 1. The van der Waals surface area contributed by atoms with Crippen LogP contribution in [0.3, 0.4) is 0 Å². The van der Waals surface area contributed by atoms with Crippen molar-refractivity contribution in [3.63, 3.8) is 0 Å². The van der Waals surface area contributed by atoms with Crippen molar-refractivity contribution in [3.05, 3.63) is 47.3 Å². The third-order valence-corrected chi connectivity index (χ3v) is 5.49. The number of hydrogen-bond acceptors (Lipinski definition) is 7. The monoisotopic (exact) mass is 388 g/mol. The Kier molecular flexibility index (Phi) is 5.79. The lowest BCUT2D eigenvalue weighted by molar-refractivity contribution is -0.118. The van der Waals surface area contributed by atoms with Crippen molar-refractivity contribution >= 4 is 34.7 Å². The lowest BCUT2D eigenvalue weighted by atomic mass is 10.2. The van der Waals surface area contributed by atoms with Gasteiger partial charge in [-0.15, -0.1) is 21.5 Å². The van der Waals surface area contributed by atoms with E-state index in [2.05, 4.69) is 15.5 Å². The van der Waals surface area contributed by atoms with Gasteiger partial charge < -0.3 is 16.1 Å². The highest BCUT2D eigenvalue weighted by Gasteiger charge is 2.14. The summed E-state index contributed by atoms with van der Waals surface area (Å²) >= 11 is 2.81. The third-order valence-electron chi connectivity index (χ3n) is 3.68. The van der Waals surface area contributed by atoms with Crippen LogP contribution < -0.4 is 16.1 Å². The van der Waals surface area contributed by atoms with Crippen LogP contribution >= 0.6 is 23.1 Å². The van der Waals surface area contributed by atoms with Gasteiger partial charge in [-0.25, -0.2) is 4.68 Å². The number of nitrogen functional groups attached to an aromatic ring is 1. The highest BCUT2D eigenvalue weighted by molar-refractivity contribution is 7.99. The fourth-order valence-electron chi connectivity index (χ4n) is 2.24. The molecule has 136 valence electrons. The first-order valence-electron chi connectivity index (χ1n) is 7.94. The van der Waals surface area contributed by atoms with Gasteiger partial charge in [0.25, 0.3) is 0 Å². The van der Waals surface area contributed by atoms with Gasteiger partial charge in [-0.1, -0.05) is 30.0 Å². The molecular formula is C17H20N6OS2. The number of benzene rings is 1. The topological polar surface area (TPSA) is 89.1 Å². The molecule has 0 spiro atoms. The molecule has 0 fully saturated rings. The van der Waals surface area contributed by atoms with E-state index in [-0.39, 0.29) is 11.7 Å². The summed E-state index contributed by atoms with van der Waals surface area (Å²) in [7, 11) is 3.99. The first kappa shape index (κ1) is 18.3. The Morgan fingerprint density at radius 2 is 2.04 bits per heavy atom. The van der Waals surface area contributed by atoms with E-state index in [1.807, 2.05) is 60.8 Å². The largest absolute Gasteiger partial charge is 0.378 e. The molecule has 0 aliphatic heterocycles. The molecule has 0 aliphatic carbocycles. The van der Waals surface area contributed by atoms with Crippen molar-refractivity contribution in [1.82, 2.24) is 20.2 Å². The van der Waals surface area contributed by atoms with Gasteiger partial charge in [0.1, 0.15) is 0 Å². The summed E-state index contributed by atoms with van der Waals surface area (Å²) in [5.41, 5.74) is 2.18. The number of amides is 1. The number of anilines is 1. The molecule has 0 saturated heterocycles. The second-order valence-electron chi connectivity index (χ2n) is 5.78. The average Bonchev–Trinajstić information content (AvgIpc) is 3.28. The molecule has 2 aromatic heterocycles. The minimum Gasteiger partial charge on any atom is -0.378 e. The van der Waals surface area contributed by atoms with Crippen molar-refractivity contribution < 1.29 is 4.79 Å². The van der Waals surface area contributed by atoms with E-state index in [0.29, 0.717) is 17.5 Å². The molecule has 1 aromatic carbocycles. The van der Waals surface area contributed by atoms with Crippen LogP contribution in [0.5, 0.6) is 0 Å². The van der Waals surface area contributed by atoms with Crippen LogP contribution in [0.25, 0.3) is 10.7 Å². The van der Waals surface area contributed by atoms with Crippen LogP contribution in [0, 0.1) is 0 Å². The van der Waals surface area contributed by atoms with Crippen LogP contribution in [0.4, 0.5) is 5.69 Å². The summed E-state index contributed by atoms with van der Waals surface area (Å²) in [6.07, 6.45) is 0. The predicted molar refractivity (Wildman–Crippen MR) is 107 cm³/mol. The fourth-order valence-corrected chi connectivity index (χ4v) is 3.63. The third kappa shape index (κ3) is 4.36. The van der Waals surface area contributed by atoms with E-state index in [0.717, 1.165) is 16.1 Å². The zero-order valence-corrected chi connectivity index (χ0v) is 16.2. The minimum atomic E-state index is -0.0765. The van der Waals surface area contributed by atoms with E-state index in [1.54, 1.807) is 11.3 Å². The Labute approximate surface area is 160 Å². The number of rotatable bonds is 7. The molecule has 0 unspecified atom stereocenters. The van der Waals surface area contributed by atoms with E-state index in [4.69, 9.17) is 5.84 Å². The maximum absolute atomic E-state index is 12.1. The average molecular weight is 389 g/mol. The standard InChI is InChI=1S/C17H20N6OS2/c1-22(2)13-7-5-12(6-8-13)10-19-15(24)11-26-17-21-20-16(23(17)18)14-4-3-9-25-14/h3-9H,10-11,18H2,1-2H3,(H,19,24). The Morgan fingerprint density at radius 1 is 1.27 bits per heavy atom. The van der Waals surface area contributed by atoms with E-state index < -0.39 is 0 Å². The van der Waals surface area contributed by atoms with Crippen LogP contribution in [-0.4, -0.2) is 40.6 Å². The maximum atomic E-state index is 12.1. The molecule has 0 radical (unpaired) electrons. The van der Waals surface area contributed by atoms with Crippen LogP contribution in [0.1, 0.15) is 5.56 Å². The summed E-state index contributed by atoms with van der Waals surface area (Å²) in [4.78, 5) is 15.1. The minimum absolute atomic E-state index is 0.0765. The summed E-state index contributed by atoms with van der Waals surface area (Å²) in [6.45, 7) is 0.489. The quantitative estimate of drug-likeness (QED) is 0.476. The van der Waals surface area contributed by atoms with E-state index in [1.165, 1.54) is 16.4 Å². The van der Waals surface area contributed by atoms with E-state index in [9.17, 15) is 4.79 Å². The number of nitrogens with zero attached hydrogens (tertiary/aromatic N) is 4. The molecule has 1 amide bonds.